The summed E-state index contributed by atoms with van der Waals surface area (Å²) in [6.07, 6.45) is -4.53. The number of amides is 1. The van der Waals surface area contributed by atoms with E-state index < -0.39 is 17.7 Å². The van der Waals surface area contributed by atoms with Crippen LogP contribution in [-0.4, -0.2) is 35.0 Å². The number of hydrogen-bond acceptors (Lipinski definition) is 2. The van der Waals surface area contributed by atoms with Gasteiger partial charge in [0.2, 0.25) is 5.91 Å². The van der Waals surface area contributed by atoms with Gasteiger partial charge in [-0.1, -0.05) is 18.2 Å². The lowest BCUT2D eigenvalue weighted by Gasteiger charge is -2.38. The number of carbonyl (C=O) groups is 2. The first-order valence-corrected chi connectivity index (χ1v) is 6.41. The zero-order valence-corrected chi connectivity index (χ0v) is 11.1. The van der Waals surface area contributed by atoms with Gasteiger partial charge in [-0.05, 0) is 11.6 Å². The standard InChI is InChI=1S/C14H14F3NO3/c15-14(16,17)11-3-1-2-9(4-11)5-12(19)18-7-10(8-18)6-13(20)21/h1-4,10H,5-8H2,(H,20,21). The van der Waals surface area contributed by atoms with Crippen molar-refractivity contribution in [1.29, 1.82) is 0 Å². The number of carboxylic acids is 1. The molecule has 1 amide bonds. The van der Waals surface area contributed by atoms with Gasteiger partial charge in [-0.3, -0.25) is 9.59 Å². The van der Waals surface area contributed by atoms with Crippen LogP contribution in [0.1, 0.15) is 17.5 Å². The van der Waals surface area contributed by atoms with Crippen LogP contribution in [0.4, 0.5) is 13.2 Å². The molecule has 1 N–H and O–H groups in total. The van der Waals surface area contributed by atoms with Gasteiger partial charge in [0.15, 0.2) is 0 Å². The highest BCUT2D eigenvalue weighted by Crippen LogP contribution is 2.30. The van der Waals surface area contributed by atoms with Crippen molar-refractivity contribution in [2.75, 3.05) is 13.1 Å². The fourth-order valence-electron chi connectivity index (χ4n) is 2.29. The number of halogens is 3. The summed E-state index contributed by atoms with van der Waals surface area (Å²) in [4.78, 5) is 23.8. The monoisotopic (exact) mass is 301 g/mol. The molecule has 2 rings (SSSR count). The van der Waals surface area contributed by atoms with Gasteiger partial charge >= 0.3 is 12.1 Å². The van der Waals surface area contributed by atoms with Crippen molar-refractivity contribution in [3.8, 4) is 0 Å². The first kappa shape index (κ1) is 15.3. The van der Waals surface area contributed by atoms with Crippen molar-refractivity contribution in [2.45, 2.75) is 19.0 Å². The Morgan fingerprint density at radius 2 is 1.95 bits per heavy atom. The summed E-state index contributed by atoms with van der Waals surface area (Å²) in [5, 5.41) is 8.61. The van der Waals surface area contributed by atoms with Crippen LogP contribution in [0.15, 0.2) is 24.3 Å². The zero-order valence-electron chi connectivity index (χ0n) is 11.1. The van der Waals surface area contributed by atoms with Crippen LogP contribution in [0.2, 0.25) is 0 Å². The predicted molar refractivity (Wildman–Crippen MR) is 67.5 cm³/mol. The summed E-state index contributed by atoms with van der Waals surface area (Å²) in [5.74, 6) is -1.26. The van der Waals surface area contributed by atoms with Crippen LogP contribution in [0.5, 0.6) is 0 Å². The molecule has 21 heavy (non-hydrogen) atoms. The summed E-state index contributed by atoms with van der Waals surface area (Å²) in [6, 6.07) is 4.67. The van der Waals surface area contributed by atoms with E-state index in [1.165, 1.54) is 17.0 Å². The molecule has 4 nitrogen and oxygen atoms in total. The maximum atomic E-state index is 12.6. The number of benzene rings is 1. The highest BCUT2D eigenvalue weighted by molar-refractivity contribution is 5.80. The van der Waals surface area contributed by atoms with E-state index in [-0.39, 0.29) is 24.7 Å². The molecule has 1 fully saturated rings. The van der Waals surface area contributed by atoms with Crippen molar-refractivity contribution in [2.24, 2.45) is 5.92 Å². The molecule has 0 unspecified atom stereocenters. The minimum absolute atomic E-state index is 0.00728. The molecule has 7 heteroatoms. The van der Waals surface area contributed by atoms with Crippen molar-refractivity contribution < 1.29 is 27.9 Å². The number of carbonyl (C=O) groups excluding carboxylic acids is 1. The number of hydrogen-bond donors (Lipinski definition) is 1. The number of nitrogens with zero attached hydrogens (tertiary/aromatic N) is 1. The maximum absolute atomic E-state index is 12.6. The quantitative estimate of drug-likeness (QED) is 0.927. The minimum atomic E-state index is -4.43. The van der Waals surface area contributed by atoms with Gasteiger partial charge in [-0.15, -0.1) is 0 Å². The Labute approximate surface area is 119 Å². The maximum Gasteiger partial charge on any atom is 0.416 e. The second-order valence-electron chi connectivity index (χ2n) is 5.14. The third-order valence-electron chi connectivity index (χ3n) is 3.38. The van der Waals surface area contributed by atoms with E-state index in [4.69, 9.17) is 5.11 Å². The van der Waals surface area contributed by atoms with Crippen LogP contribution >= 0.6 is 0 Å². The third kappa shape index (κ3) is 3.96. The molecule has 0 aromatic heterocycles. The molecular weight excluding hydrogens is 287 g/mol. The van der Waals surface area contributed by atoms with Gasteiger partial charge in [0.25, 0.3) is 0 Å². The summed E-state index contributed by atoms with van der Waals surface area (Å²) >= 11 is 0. The molecule has 1 aromatic rings. The topological polar surface area (TPSA) is 57.6 Å². The molecule has 1 aliphatic rings. The summed E-state index contributed by atoms with van der Waals surface area (Å²) in [6.45, 7) is 0.703. The summed E-state index contributed by atoms with van der Waals surface area (Å²) < 4.78 is 37.7. The molecule has 0 radical (unpaired) electrons. The van der Waals surface area contributed by atoms with Crippen molar-refractivity contribution >= 4 is 11.9 Å². The molecule has 0 aliphatic carbocycles. The molecule has 1 heterocycles. The van der Waals surface area contributed by atoms with Crippen LogP contribution in [0.25, 0.3) is 0 Å². The Morgan fingerprint density at radius 1 is 1.29 bits per heavy atom. The van der Waals surface area contributed by atoms with Gasteiger partial charge in [-0.25, -0.2) is 0 Å². The van der Waals surface area contributed by atoms with E-state index in [1.807, 2.05) is 0 Å². The van der Waals surface area contributed by atoms with Gasteiger partial charge in [0.05, 0.1) is 18.4 Å². The fourth-order valence-corrected chi connectivity index (χ4v) is 2.29. The second-order valence-corrected chi connectivity index (χ2v) is 5.14. The number of rotatable bonds is 4. The molecule has 1 aliphatic heterocycles. The van der Waals surface area contributed by atoms with E-state index in [0.29, 0.717) is 18.7 Å². The molecule has 1 saturated heterocycles. The first-order chi connectivity index (χ1) is 9.75. The van der Waals surface area contributed by atoms with Gasteiger partial charge in [-0.2, -0.15) is 13.2 Å². The normalized spacial score (nSPS) is 15.7. The van der Waals surface area contributed by atoms with E-state index in [2.05, 4.69) is 0 Å². The Morgan fingerprint density at radius 3 is 2.52 bits per heavy atom. The molecule has 0 bridgehead atoms. The first-order valence-electron chi connectivity index (χ1n) is 6.41. The van der Waals surface area contributed by atoms with Crippen molar-refractivity contribution in [3.63, 3.8) is 0 Å². The number of carboxylic acid groups (broad SMARTS) is 1. The predicted octanol–water partition coefficient (Wildman–Crippen LogP) is 2.18. The third-order valence-corrected chi connectivity index (χ3v) is 3.38. The number of likely N-dealkylation sites (tertiary alicyclic amines) is 1. The van der Waals surface area contributed by atoms with Gasteiger partial charge in [0, 0.05) is 19.0 Å². The average molecular weight is 301 g/mol. The van der Waals surface area contributed by atoms with Gasteiger partial charge < -0.3 is 10.0 Å². The Kier molecular flexibility index (Phi) is 4.20. The summed E-state index contributed by atoms with van der Waals surface area (Å²) in [5.41, 5.74) is -0.475. The molecule has 114 valence electrons. The van der Waals surface area contributed by atoms with E-state index >= 15 is 0 Å². The number of alkyl halides is 3. The van der Waals surface area contributed by atoms with Crippen molar-refractivity contribution in [1.82, 2.24) is 4.90 Å². The fraction of sp³-hybridized carbons (Fsp3) is 0.429. The Bertz CT molecular complexity index is 551. The van der Waals surface area contributed by atoms with Crippen molar-refractivity contribution in [3.05, 3.63) is 35.4 Å². The lowest BCUT2D eigenvalue weighted by Crippen LogP contribution is -2.51. The van der Waals surface area contributed by atoms with Crippen LogP contribution in [-0.2, 0) is 22.2 Å². The Balaban J connectivity index is 1.91. The van der Waals surface area contributed by atoms with Crippen LogP contribution in [0.3, 0.4) is 0 Å². The van der Waals surface area contributed by atoms with E-state index in [9.17, 15) is 22.8 Å². The molecule has 1 aromatic carbocycles. The van der Waals surface area contributed by atoms with E-state index in [1.54, 1.807) is 0 Å². The summed E-state index contributed by atoms with van der Waals surface area (Å²) in [7, 11) is 0. The van der Waals surface area contributed by atoms with Crippen LogP contribution in [0, 0.1) is 5.92 Å². The van der Waals surface area contributed by atoms with Gasteiger partial charge in [0.1, 0.15) is 0 Å². The molecule has 0 spiro atoms. The SMILES string of the molecule is O=C(O)CC1CN(C(=O)Cc2cccc(C(F)(F)F)c2)C1. The highest BCUT2D eigenvalue weighted by Gasteiger charge is 2.33. The van der Waals surface area contributed by atoms with Crippen LogP contribution < -0.4 is 0 Å². The molecular formula is C14H14F3NO3. The minimum Gasteiger partial charge on any atom is -0.481 e. The lowest BCUT2D eigenvalue weighted by molar-refractivity contribution is -0.144. The number of aliphatic carboxylic acids is 1. The Hall–Kier alpha value is -2.05. The smallest absolute Gasteiger partial charge is 0.416 e. The second kappa shape index (κ2) is 5.75. The largest absolute Gasteiger partial charge is 0.481 e. The molecule has 0 saturated carbocycles. The average Bonchev–Trinajstić information content (AvgIpc) is 2.32. The zero-order chi connectivity index (χ0) is 15.6. The van der Waals surface area contributed by atoms with E-state index in [0.717, 1.165) is 12.1 Å². The highest BCUT2D eigenvalue weighted by atomic mass is 19.4. The lowest BCUT2D eigenvalue weighted by atomic mass is 9.95. The molecule has 0 atom stereocenters.